The summed E-state index contributed by atoms with van der Waals surface area (Å²) in [4.78, 5) is 28.2. The van der Waals surface area contributed by atoms with Crippen molar-refractivity contribution in [3.05, 3.63) is 59.7 Å². The van der Waals surface area contributed by atoms with Crippen LogP contribution in [-0.4, -0.2) is 66.7 Å². The molecule has 1 unspecified atom stereocenters. The van der Waals surface area contributed by atoms with Crippen molar-refractivity contribution in [1.29, 1.82) is 0 Å². The van der Waals surface area contributed by atoms with E-state index < -0.39 is 0 Å². The van der Waals surface area contributed by atoms with Gasteiger partial charge in [-0.2, -0.15) is 0 Å². The van der Waals surface area contributed by atoms with Crippen molar-refractivity contribution in [2.45, 2.75) is 31.4 Å². The minimum Gasteiger partial charge on any atom is -0.366 e. The highest BCUT2D eigenvalue weighted by molar-refractivity contribution is 5.79. The van der Waals surface area contributed by atoms with E-state index >= 15 is 0 Å². The van der Waals surface area contributed by atoms with Crippen molar-refractivity contribution in [2.75, 3.05) is 32.8 Å². The third-order valence-electron chi connectivity index (χ3n) is 6.59. The van der Waals surface area contributed by atoms with Gasteiger partial charge in [-0.3, -0.25) is 4.79 Å². The average molecular weight is 405 g/mol. The molecule has 30 heavy (non-hydrogen) atoms. The summed E-state index contributed by atoms with van der Waals surface area (Å²) in [7, 11) is 0. The van der Waals surface area contributed by atoms with Gasteiger partial charge in [-0.1, -0.05) is 48.5 Å². The smallest absolute Gasteiger partial charge is 0.320 e. The number of amides is 3. The Balaban J connectivity index is 1.18. The predicted molar refractivity (Wildman–Crippen MR) is 114 cm³/mol. The van der Waals surface area contributed by atoms with Gasteiger partial charge in [-0.25, -0.2) is 4.79 Å². The number of hydrogen-bond donors (Lipinski definition) is 1. The summed E-state index contributed by atoms with van der Waals surface area (Å²) in [6, 6.07) is 17.1. The number of likely N-dealkylation sites (tertiary alicyclic amines) is 2. The number of urea groups is 1. The first-order chi connectivity index (χ1) is 14.6. The van der Waals surface area contributed by atoms with E-state index in [9.17, 15) is 9.59 Å². The Hall–Kier alpha value is -2.86. The number of piperidine rings is 1. The Kier molecular flexibility index (Phi) is 4.95. The number of aryl methyl sites for hydroxylation is 1. The van der Waals surface area contributed by atoms with Gasteiger partial charge in [-0.15, -0.1) is 0 Å². The van der Waals surface area contributed by atoms with E-state index in [0.717, 1.165) is 19.5 Å². The Bertz CT molecular complexity index is 952. The molecule has 3 heterocycles. The third-order valence-corrected chi connectivity index (χ3v) is 6.59. The molecule has 6 nitrogen and oxygen atoms in total. The standard InChI is InChI=1S/C24H27N3O3/c1-16-4-2-3-5-20(16)18-8-6-17(7-9-18)19-12-27(13-19)24(29)26-11-10-22-21(14-26)25-23(28)15-30-22/h2-9,19,21-22H,10-15H2,1H3,(H,25,28)/t21-,22?/m1/s1. The van der Waals surface area contributed by atoms with Gasteiger partial charge in [0.25, 0.3) is 0 Å². The molecule has 156 valence electrons. The fraction of sp³-hybridized carbons (Fsp3) is 0.417. The van der Waals surface area contributed by atoms with E-state index in [1.807, 2.05) is 9.80 Å². The highest BCUT2D eigenvalue weighted by Crippen LogP contribution is 2.31. The van der Waals surface area contributed by atoms with Crippen LogP contribution in [-0.2, 0) is 9.53 Å². The molecule has 3 saturated heterocycles. The molecule has 0 bridgehead atoms. The molecule has 0 aliphatic carbocycles. The lowest BCUT2D eigenvalue weighted by molar-refractivity contribution is -0.139. The van der Waals surface area contributed by atoms with Crippen molar-refractivity contribution in [3.63, 3.8) is 0 Å². The molecule has 0 aromatic heterocycles. The quantitative estimate of drug-likeness (QED) is 0.836. The minimum atomic E-state index is -0.0938. The maximum absolute atomic E-state index is 12.9. The number of morpholine rings is 1. The Morgan fingerprint density at radius 2 is 1.80 bits per heavy atom. The van der Waals surface area contributed by atoms with Gasteiger partial charge >= 0.3 is 6.03 Å². The number of nitrogens with zero attached hydrogens (tertiary/aromatic N) is 2. The van der Waals surface area contributed by atoms with Crippen LogP contribution in [0.4, 0.5) is 4.79 Å². The molecule has 3 fully saturated rings. The number of ether oxygens (including phenoxy) is 1. The zero-order valence-corrected chi connectivity index (χ0v) is 17.2. The molecular formula is C24H27N3O3. The summed E-state index contributed by atoms with van der Waals surface area (Å²) >= 11 is 0. The van der Waals surface area contributed by atoms with Crippen molar-refractivity contribution in [1.82, 2.24) is 15.1 Å². The van der Waals surface area contributed by atoms with Crippen LogP contribution >= 0.6 is 0 Å². The summed E-state index contributed by atoms with van der Waals surface area (Å²) in [5.41, 5.74) is 5.04. The molecule has 3 aliphatic heterocycles. The van der Waals surface area contributed by atoms with E-state index in [-0.39, 0.29) is 30.7 Å². The van der Waals surface area contributed by atoms with Crippen LogP contribution in [0.15, 0.2) is 48.5 Å². The van der Waals surface area contributed by atoms with Crippen LogP contribution in [0.25, 0.3) is 11.1 Å². The summed E-state index contributed by atoms with van der Waals surface area (Å²) < 4.78 is 5.58. The molecule has 0 radical (unpaired) electrons. The van der Waals surface area contributed by atoms with Gasteiger partial charge in [0, 0.05) is 32.1 Å². The van der Waals surface area contributed by atoms with E-state index in [1.165, 1.54) is 22.3 Å². The van der Waals surface area contributed by atoms with Crippen LogP contribution in [0, 0.1) is 6.92 Å². The second-order valence-electron chi connectivity index (χ2n) is 8.58. The highest BCUT2D eigenvalue weighted by Gasteiger charge is 2.40. The molecule has 2 atom stereocenters. The fourth-order valence-electron chi connectivity index (χ4n) is 4.75. The lowest BCUT2D eigenvalue weighted by Gasteiger charge is -2.46. The number of carbonyl (C=O) groups excluding carboxylic acids is 2. The molecule has 2 aromatic rings. The van der Waals surface area contributed by atoms with E-state index in [1.54, 1.807) is 0 Å². The largest absolute Gasteiger partial charge is 0.366 e. The maximum atomic E-state index is 12.9. The van der Waals surface area contributed by atoms with Gasteiger partial charge in [0.1, 0.15) is 6.61 Å². The molecule has 2 aromatic carbocycles. The lowest BCUT2D eigenvalue weighted by atomic mass is 9.90. The Morgan fingerprint density at radius 1 is 1.03 bits per heavy atom. The van der Waals surface area contributed by atoms with E-state index in [4.69, 9.17) is 4.74 Å². The lowest BCUT2D eigenvalue weighted by Crippen LogP contribution is -2.63. The van der Waals surface area contributed by atoms with Crippen molar-refractivity contribution in [3.8, 4) is 11.1 Å². The molecule has 0 saturated carbocycles. The molecule has 5 rings (SSSR count). The molecule has 3 amide bonds. The van der Waals surface area contributed by atoms with Gasteiger partial charge in [-0.05, 0) is 35.6 Å². The van der Waals surface area contributed by atoms with Crippen molar-refractivity contribution in [2.24, 2.45) is 0 Å². The molecule has 1 N–H and O–H groups in total. The first kappa shape index (κ1) is 19.1. The van der Waals surface area contributed by atoms with Crippen LogP contribution < -0.4 is 5.32 Å². The molecule has 0 spiro atoms. The SMILES string of the molecule is Cc1ccccc1-c1ccc(C2CN(C(=O)N3CCC4OCC(=O)N[C@@H]4C3)C2)cc1. The fourth-order valence-corrected chi connectivity index (χ4v) is 4.75. The zero-order chi connectivity index (χ0) is 20.7. The number of carbonyl (C=O) groups is 2. The topological polar surface area (TPSA) is 61.9 Å². The summed E-state index contributed by atoms with van der Waals surface area (Å²) in [5, 5.41) is 2.96. The Morgan fingerprint density at radius 3 is 2.57 bits per heavy atom. The van der Waals surface area contributed by atoms with Gasteiger partial charge in [0.2, 0.25) is 5.91 Å². The van der Waals surface area contributed by atoms with Crippen LogP contribution in [0.1, 0.15) is 23.5 Å². The maximum Gasteiger partial charge on any atom is 0.320 e. The second kappa shape index (κ2) is 7.76. The minimum absolute atomic E-state index is 0.0302. The second-order valence-corrected chi connectivity index (χ2v) is 8.58. The summed E-state index contributed by atoms with van der Waals surface area (Å²) in [6.07, 6.45) is 0.802. The molecular weight excluding hydrogens is 378 g/mol. The normalized spacial score (nSPS) is 24.1. The van der Waals surface area contributed by atoms with Gasteiger partial charge < -0.3 is 19.9 Å². The van der Waals surface area contributed by atoms with Crippen molar-refractivity contribution < 1.29 is 14.3 Å². The number of benzene rings is 2. The summed E-state index contributed by atoms with van der Waals surface area (Å²) in [5.74, 6) is 0.291. The third kappa shape index (κ3) is 3.56. The average Bonchev–Trinajstić information content (AvgIpc) is 2.73. The summed E-state index contributed by atoms with van der Waals surface area (Å²) in [6.45, 7) is 4.97. The number of fused-ring (bicyclic) bond motifs is 1. The van der Waals surface area contributed by atoms with Crippen LogP contribution in [0.5, 0.6) is 0 Å². The first-order valence-corrected chi connectivity index (χ1v) is 10.7. The molecule has 6 heteroatoms. The highest BCUT2D eigenvalue weighted by atomic mass is 16.5. The van der Waals surface area contributed by atoms with Crippen LogP contribution in [0.3, 0.4) is 0 Å². The van der Waals surface area contributed by atoms with Crippen molar-refractivity contribution >= 4 is 11.9 Å². The Labute approximate surface area is 176 Å². The molecule has 3 aliphatic rings. The van der Waals surface area contributed by atoms with E-state index in [0.29, 0.717) is 19.0 Å². The predicted octanol–water partition coefficient (Wildman–Crippen LogP) is 2.77. The monoisotopic (exact) mass is 405 g/mol. The number of rotatable bonds is 2. The van der Waals surface area contributed by atoms with Gasteiger partial charge in [0.05, 0.1) is 12.1 Å². The zero-order valence-electron chi connectivity index (χ0n) is 17.2. The number of hydrogen-bond acceptors (Lipinski definition) is 3. The van der Waals surface area contributed by atoms with E-state index in [2.05, 4.69) is 60.8 Å². The van der Waals surface area contributed by atoms with Crippen LogP contribution in [0.2, 0.25) is 0 Å². The number of nitrogens with one attached hydrogen (secondary N) is 1. The first-order valence-electron chi connectivity index (χ1n) is 10.7. The van der Waals surface area contributed by atoms with Gasteiger partial charge in [0.15, 0.2) is 0 Å².